The van der Waals surface area contributed by atoms with E-state index >= 15 is 0 Å². The number of esters is 1. The molecule has 3 rings (SSSR count). The fourth-order valence-electron chi connectivity index (χ4n) is 2.92. The summed E-state index contributed by atoms with van der Waals surface area (Å²) in [6.45, 7) is 1.82. The third-order valence-electron chi connectivity index (χ3n) is 4.68. The van der Waals surface area contributed by atoms with Gasteiger partial charge in [0.1, 0.15) is 17.2 Å². The first kappa shape index (κ1) is 24.0. The average molecular weight is 461 g/mol. The molecule has 0 aliphatic carbocycles. The Morgan fingerprint density at radius 1 is 0.853 bits per heavy atom. The van der Waals surface area contributed by atoms with E-state index in [4.69, 9.17) is 14.2 Å². The van der Waals surface area contributed by atoms with Gasteiger partial charge in [0.25, 0.3) is 0 Å². The molecule has 9 nitrogen and oxygen atoms in total. The van der Waals surface area contributed by atoms with E-state index in [1.165, 1.54) is 20.4 Å². The van der Waals surface area contributed by atoms with Gasteiger partial charge in [-0.1, -0.05) is 30.3 Å². The zero-order chi connectivity index (χ0) is 24.5. The van der Waals surface area contributed by atoms with Gasteiger partial charge in [0.05, 0.1) is 31.7 Å². The molecule has 0 saturated heterocycles. The van der Waals surface area contributed by atoms with Crippen LogP contribution in [0.15, 0.2) is 71.8 Å². The summed E-state index contributed by atoms with van der Waals surface area (Å²) in [5, 5.41) is 6.24. The van der Waals surface area contributed by atoms with Gasteiger partial charge in [-0.15, -0.1) is 0 Å². The van der Waals surface area contributed by atoms with Crippen LogP contribution in [0, 0.1) is 6.92 Å². The number of hydrogen-bond acceptors (Lipinski definition) is 7. The summed E-state index contributed by atoms with van der Waals surface area (Å²) in [7, 11) is 2.93. The van der Waals surface area contributed by atoms with E-state index in [-0.39, 0.29) is 0 Å². The minimum absolute atomic E-state index is 0.301. The Kier molecular flexibility index (Phi) is 7.96. The molecule has 34 heavy (non-hydrogen) atoms. The van der Waals surface area contributed by atoms with E-state index in [0.717, 1.165) is 5.56 Å². The Labute approximate surface area is 196 Å². The molecule has 0 aromatic heterocycles. The number of nitrogens with one attached hydrogen (secondary N) is 2. The second-order valence-electron chi connectivity index (χ2n) is 7.00. The SMILES string of the molecule is COc1ccc(NC(=O)C(=O)NN=Cc2cccc(OC(=O)c3ccccc3C)c2)c(OC)c1. The average Bonchev–Trinajstić information content (AvgIpc) is 2.84. The zero-order valence-corrected chi connectivity index (χ0v) is 18.8. The number of aryl methyl sites for hydroxylation is 1. The summed E-state index contributed by atoms with van der Waals surface area (Å²) >= 11 is 0. The van der Waals surface area contributed by atoms with Crippen LogP contribution in [0.5, 0.6) is 17.2 Å². The smallest absolute Gasteiger partial charge is 0.343 e. The van der Waals surface area contributed by atoms with Gasteiger partial charge in [-0.25, -0.2) is 10.2 Å². The number of methoxy groups -OCH3 is 2. The van der Waals surface area contributed by atoms with Gasteiger partial charge in [-0.2, -0.15) is 5.10 Å². The number of anilines is 1. The molecule has 2 N–H and O–H groups in total. The molecule has 0 aliphatic rings. The van der Waals surface area contributed by atoms with Crippen molar-refractivity contribution in [1.29, 1.82) is 0 Å². The summed E-state index contributed by atoms with van der Waals surface area (Å²) in [6, 6.07) is 18.4. The number of ether oxygens (including phenoxy) is 3. The second kappa shape index (κ2) is 11.3. The van der Waals surface area contributed by atoms with Gasteiger partial charge in [0.15, 0.2) is 0 Å². The van der Waals surface area contributed by atoms with Crippen molar-refractivity contribution in [2.45, 2.75) is 6.92 Å². The molecule has 3 aromatic rings. The van der Waals surface area contributed by atoms with Gasteiger partial charge in [-0.05, 0) is 48.4 Å². The highest BCUT2D eigenvalue weighted by atomic mass is 16.5. The Balaban J connectivity index is 1.59. The molecule has 9 heteroatoms. The molecular weight excluding hydrogens is 438 g/mol. The molecular formula is C25H23N3O6. The topological polar surface area (TPSA) is 115 Å². The number of carbonyl (C=O) groups excluding carboxylic acids is 3. The fourth-order valence-corrected chi connectivity index (χ4v) is 2.92. The zero-order valence-electron chi connectivity index (χ0n) is 18.8. The maximum Gasteiger partial charge on any atom is 0.343 e. The summed E-state index contributed by atoms with van der Waals surface area (Å²) in [5.41, 5.74) is 4.27. The number of hydrogen-bond donors (Lipinski definition) is 2. The molecule has 0 saturated carbocycles. The van der Waals surface area contributed by atoms with Crippen molar-refractivity contribution in [2.75, 3.05) is 19.5 Å². The number of benzene rings is 3. The third-order valence-corrected chi connectivity index (χ3v) is 4.68. The van der Waals surface area contributed by atoms with E-state index in [2.05, 4.69) is 15.8 Å². The predicted molar refractivity (Wildman–Crippen MR) is 126 cm³/mol. The number of nitrogens with zero attached hydrogens (tertiary/aromatic N) is 1. The van der Waals surface area contributed by atoms with E-state index in [1.807, 2.05) is 19.1 Å². The molecule has 3 aromatic carbocycles. The van der Waals surface area contributed by atoms with Crippen LogP contribution in [0.2, 0.25) is 0 Å². The molecule has 0 radical (unpaired) electrons. The van der Waals surface area contributed by atoms with E-state index in [9.17, 15) is 14.4 Å². The summed E-state index contributed by atoms with van der Waals surface area (Å²) in [6.07, 6.45) is 1.32. The van der Waals surface area contributed by atoms with Crippen molar-refractivity contribution in [3.05, 3.63) is 83.4 Å². The van der Waals surface area contributed by atoms with Crippen LogP contribution in [-0.4, -0.2) is 38.2 Å². The fraction of sp³-hybridized carbons (Fsp3) is 0.120. The van der Waals surface area contributed by atoms with Gasteiger partial charge in [-0.3, -0.25) is 9.59 Å². The van der Waals surface area contributed by atoms with Gasteiger partial charge in [0, 0.05) is 6.07 Å². The summed E-state index contributed by atoms with van der Waals surface area (Å²) < 4.78 is 15.7. The largest absolute Gasteiger partial charge is 0.497 e. The molecule has 0 unspecified atom stereocenters. The van der Waals surface area contributed by atoms with Crippen LogP contribution in [0.1, 0.15) is 21.5 Å². The maximum absolute atomic E-state index is 12.4. The van der Waals surface area contributed by atoms with Crippen LogP contribution in [0.4, 0.5) is 5.69 Å². The lowest BCUT2D eigenvalue weighted by Crippen LogP contribution is -2.32. The molecule has 0 atom stereocenters. The highest BCUT2D eigenvalue weighted by Crippen LogP contribution is 2.28. The standard InChI is InChI=1S/C25H23N3O6/c1-16-7-4-5-10-20(16)25(31)34-19-9-6-8-17(13-19)15-26-28-24(30)23(29)27-21-12-11-18(32-2)14-22(21)33-3/h4-15H,1-3H3,(H,27,29)(H,28,30). The van der Waals surface area contributed by atoms with E-state index in [1.54, 1.807) is 54.6 Å². The van der Waals surface area contributed by atoms with Gasteiger partial charge < -0.3 is 19.5 Å². The van der Waals surface area contributed by atoms with Crippen molar-refractivity contribution in [3.63, 3.8) is 0 Å². The minimum atomic E-state index is -0.976. The molecule has 2 amide bonds. The van der Waals surface area contributed by atoms with Crippen molar-refractivity contribution in [2.24, 2.45) is 5.10 Å². The van der Waals surface area contributed by atoms with Crippen molar-refractivity contribution >= 4 is 29.7 Å². The third kappa shape index (κ3) is 6.19. The Bertz CT molecular complexity index is 1240. The lowest BCUT2D eigenvalue weighted by Gasteiger charge is -2.10. The monoisotopic (exact) mass is 461 g/mol. The van der Waals surface area contributed by atoms with Crippen LogP contribution in [0.3, 0.4) is 0 Å². The molecule has 0 aliphatic heterocycles. The molecule has 0 bridgehead atoms. The first-order valence-electron chi connectivity index (χ1n) is 10.2. The minimum Gasteiger partial charge on any atom is -0.497 e. The van der Waals surface area contributed by atoms with E-state index < -0.39 is 17.8 Å². The molecule has 0 heterocycles. The quantitative estimate of drug-likeness (QED) is 0.183. The summed E-state index contributed by atoms with van der Waals surface area (Å²) in [5.74, 6) is -1.20. The molecule has 0 spiro atoms. The maximum atomic E-state index is 12.4. The first-order valence-corrected chi connectivity index (χ1v) is 10.2. The van der Waals surface area contributed by atoms with Crippen LogP contribution in [0.25, 0.3) is 0 Å². The number of carbonyl (C=O) groups is 3. The molecule has 0 fully saturated rings. The number of hydrazone groups is 1. The highest BCUT2D eigenvalue weighted by molar-refractivity contribution is 6.39. The van der Waals surface area contributed by atoms with Crippen LogP contribution in [-0.2, 0) is 9.59 Å². The Hall–Kier alpha value is -4.66. The predicted octanol–water partition coefficient (Wildman–Crippen LogP) is 3.32. The second-order valence-corrected chi connectivity index (χ2v) is 7.00. The van der Waals surface area contributed by atoms with Crippen LogP contribution < -0.4 is 25.0 Å². The lowest BCUT2D eigenvalue weighted by atomic mass is 10.1. The molecule has 174 valence electrons. The number of rotatable bonds is 7. The normalized spacial score (nSPS) is 10.4. The lowest BCUT2D eigenvalue weighted by molar-refractivity contribution is -0.136. The van der Waals surface area contributed by atoms with Crippen molar-refractivity contribution in [1.82, 2.24) is 5.43 Å². The van der Waals surface area contributed by atoms with Gasteiger partial charge in [0.2, 0.25) is 0 Å². The van der Waals surface area contributed by atoms with Gasteiger partial charge >= 0.3 is 17.8 Å². The van der Waals surface area contributed by atoms with E-state index in [0.29, 0.717) is 34.1 Å². The summed E-state index contributed by atoms with van der Waals surface area (Å²) in [4.78, 5) is 36.6. The number of amides is 2. The van der Waals surface area contributed by atoms with Crippen molar-refractivity contribution in [3.8, 4) is 17.2 Å². The highest BCUT2D eigenvalue weighted by Gasteiger charge is 2.16. The Morgan fingerprint density at radius 2 is 1.65 bits per heavy atom. The van der Waals surface area contributed by atoms with Crippen LogP contribution >= 0.6 is 0 Å². The Morgan fingerprint density at radius 3 is 2.38 bits per heavy atom. The first-order chi connectivity index (χ1) is 16.4. The van der Waals surface area contributed by atoms with Crippen molar-refractivity contribution < 1.29 is 28.6 Å².